The first-order chi connectivity index (χ1) is 8.79. The fourth-order valence-electron chi connectivity index (χ4n) is 2.31. The van der Waals surface area contributed by atoms with E-state index in [1.165, 1.54) is 5.56 Å². The van der Waals surface area contributed by atoms with Gasteiger partial charge in [0.25, 0.3) is 5.91 Å². The predicted octanol–water partition coefficient (Wildman–Crippen LogP) is 2.35. The van der Waals surface area contributed by atoms with Gasteiger partial charge in [-0.25, -0.2) is 5.43 Å². The zero-order valence-electron chi connectivity index (χ0n) is 10.4. The second-order valence-electron chi connectivity index (χ2n) is 4.55. The number of amides is 1. The number of fused-ring (bicyclic) bond motifs is 1. The molecule has 1 saturated heterocycles. The quantitative estimate of drug-likeness (QED) is 0.882. The minimum atomic E-state index is -0.000460. The third-order valence-electron chi connectivity index (χ3n) is 3.38. The molecule has 2 aromatic rings. The van der Waals surface area contributed by atoms with Crippen molar-refractivity contribution in [1.82, 2.24) is 10.4 Å². The average Bonchev–Trinajstić information content (AvgIpc) is 3.06. The number of furan rings is 1. The fraction of sp³-hybridized carbons (Fsp3) is 0.357. The van der Waals surface area contributed by atoms with Crippen molar-refractivity contribution in [3.63, 3.8) is 0 Å². The minimum absolute atomic E-state index is 0.000460. The van der Waals surface area contributed by atoms with Crippen LogP contribution in [0.25, 0.3) is 11.0 Å². The Morgan fingerprint density at radius 1 is 1.50 bits per heavy atom. The molecule has 3 rings (SSSR count). The molecule has 0 bridgehead atoms. The molecule has 4 nitrogen and oxygen atoms in total. The van der Waals surface area contributed by atoms with Crippen molar-refractivity contribution >= 4 is 16.9 Å². The van der Waals surface area contributed by atoms with Gasteiger partial charge in [0.15, 0.2) is 0 Å². The molecule has 1 fully saturated rings. The van der Waals surface area contributed by atoms with Gasteiger partial charge in [-0.2, -0.15) is 0 Å². The van der Waals surface area contributed by atoms with Gasteiger partial charge >= 0.3 is 0 Å². The highest BCUT2D eigenvalue weighted by atomic mass is 16.3. The summed E-state index contributed by atoms with van der Waals surface area (Å²) < 4.78 is 5.45. The summed E-state index contributed by atoms with van der Waals surface area (Å²) in [6.45, 7) is 3.73. The lowest BCUT2D eigenvalue weighted by Crippen LogP contribution is -2.36. The molecular weight excluding hydrogens is 228 g/mol. The maximum Gasteiger partial charge on any atom is 0.271 e. The van der Waals surface area contributed by atoms with E-state index in [1.807, 2.05) is 18.2 Å². The van der Waals surface area contributed by atoms with E-state index in [2.05, 4.69) is 12.3 Å². The SMILES string of the molecule is CCc1ccc2occ(C(=O)N3CCCN3)c2c1. The Labute approximate surface area is 106 Å². The number of hydrogen-bond acceptors (Lipinski definition) is 3. The molecule has 0 spiro atoms. The molecule has 18 heavy (non-hydrogen) atoms. The van der Waals surface area contributed by atoms with Crippen molar-refractivity contribution in [2.24, 2.45) is 0 Å². The number of carbonyl (C=O) groups is 1. The molecule has 1 aromatic heterocycles. The van der Waals surface area contributed by atoms with Crippen molar-refractivity contribution in [3.8, 4) is 0 Å². The first kappa shape index (κ1) is 11.3. The standard InChI is InChI=1S/C14H16N2O2/c1-2-10-4-5-13-11(8-10)12(9-18-13)14(17)16-7-3-6-15-16/h4-5,8-9,15H,2-3,6-7H2,1H3. The molecule has 1 aromatic carbocycles. The summed E-state index contributed by atoms with van der Waals surface area (Å²) >= 11 is 0. The van der Waals surface area contributed by atoms with Crippen LogP contribution in [0, 0.1) is 0 Å². The maximum absolute atomic E-state index is 12.3. The van der Waals surface area contributed by atoms with Crippen LogP contribution in [-0.4, -0.2) is 24.0 Å². The van der Waals surface area contributed by atoms with Crippen LogP contribution in [0.15, 0.2) is 28.9 Å². The van der Waals surface area contributed by atoms with Crippen LogP contribution in [0.5, 0.6) is 0 Å². The van der Waals surface area contributed by atoms with Crippen LogP contribution in [0.1, 0.15) is 29.3 Å². The molecule has 4 heteroatoms. The zero-order valence-corrected chi connectivity index (χ0v) is 10.4. The molecule has 1 aliphatic heterocycles. The molecule has 1 amide bonds. The number of benzene rings is 1. The third kappa shape index (κ3) is 1.78. The monoisotopic (exact) mass is 244 g/mol. The smallest absolute Gasteiger partial charge is 0.271 e. The molecule has 0 aliphatic carbocycles. The van der Waals surface area contributed by atoms with Gasteiger partial charge in [-0.1, -0.05) is 13.0 Å². The Kier molecular flexibility index (Phi) is 2.80. The number of carbonyl (C=O) groups excluding carboxylic acids is 1. The normalized spacial score (nSPS) is 15.5. The Morgan fingerprint density at radius 2 is 2.39 bits per heavy atom. The first-order valence-corrected chi connectivity index (χ1v) is 6.35. The number of nitrogens with one attached hydrogen (secondary N) is 1. The zero-order chi connectivity index (χ0) is 12.5. The topological polar surface area (TPSA) is 45.5 Å². The van der Waals surface area contributed by atoms with Crippen LogP contribution >= 0.6 is 0 Å². The van der Waals surface area contributed by atoms with E-state index in [4.69, 9.17) is 4.42 Å². The third-order valence-corrected chi connectivity index (χ3v) is 3.38. The van der Waals surface area contributed by atoms with E-state index in [0.29, 0.717) is 5.56 Å². The van der Waals surface area contributed by atoms with Gasteiger partial charge in [0.2, 0.25) is 0 Å². The highest BCUT2D eigenvalue weighted by molar-refractivity contribution is 6.05. The van der Waals surface area contributed by atoms with E-state index in [-0.39, 0.29) is 5.91 Å². The fourth-order valence-corrected chi connectivity index (χ4v) is 2.31. The molecule has 1 N–H and O–H groups in total. The van der Waals surface area contributed by atoms with Gasteiger partial charge in [0.1, 0.15) is 11.8 Å². The Bertz CT molecular complexity index is 582. The van der Waals surface area contributed by atoms with Crippen molar-refractivity contribution < 1.29 is 9.21 Å². The van der Waals surface area contributed by atoms with Crippen molar-refractivity contribution in [3.05, 3.63) is 35.6 Å². The van der Waals surface area contributed by atoms with Gasteiger partial charge in [-0.15, -0.1) is 0 Å². The molecule has 0 atom stereocenters. The summed E-state index contributed by atoms with van der Waals surface area (Å²) in [4.78, 5) is 12.3. The van der Waals surface area contributed by atoms with Gasteiger partial charge < -0.3 is 4.42 Å². The second kappa shape index (κ2) is 4.46. The van der Waals surface area contributed by atoms with Crippen molar-refractivity contribution in [2.75, 3.05) is 13.1 Å². The molecular formula is C14H16N2O2. The van der Waals surface area contributed by atoms with Gasteiger partial charge in [-0.05, 0) is 30.5 Å². The van der Waals surface area contributed by atoms with E-state index >= 15 is 0 Å². The van der Waals surface area contributed by atoms with Crippen LogP contribution in [-0.2, 0) is 6.42 Å². The van der Waals surface area contributed by atoms with Crippen molar-refractivity contribution in [1.29, 1.82) is 0 Å². The van der Waals surface area contributed by atoms with E-state index in [1.54, 1.807) is 11.3 Å². The van der Waals surface area contributed by atoms with Crippen LogP contribution in [0.3, 0.4) is 0 Å². The second-order valence-corrected chi connectivity index (χ2v) is 4.55. The summed E-state index contributed by atoms with van der Waals surface area (Å²) in [6, 6.07) is 6.01. The Morgan fingerprint density at radius 3 is 3.11 bits per heavy atom. The largest absolute Gasteiger partial charge is 0.463 e. The molecule has 1 aliphatic rings. The Balaban J connectivity index is 2.02. The summed E-state index contributed by atoms with van der Waals surface area (Å²) in [7, 11) is 0. The van der Waals surface area contributed by atoms with Gasteiger partial charge in [-0.3, -0.25) is 9.80 Å². The Hall–Kier alpha value is -1.81. The van der Waals surface area contributed by atoms with Crippen molar-refractivity contribution in [2.45, 2.75) is 19.8 Å². The average molecular weight is 244 g/mol. The van der Waals surface area contributed by atoms with E-state index in [9.17, 15) is 4.79 Å². The van der Waals surface area contributed by atoms with E-state index < -0.39 is 0 Å². The molecule has 94 valence electrons. The lowest BCUT2D eigenvalue weighted by Gasteiger charge is -2.14. The summed E-state index contributed by atoms with van der Waals surface area (Å²) in [5, 5.41) is 2.58. The molecule has 2 heterocycles. The van der Waals surface area contributed by atoms with Crippen LogP contribution in [0.4, 0.5) is 0 Å². The number of rotatable bonds is 2. The highest BCUT2D eigenvalue weighted by Crippen LogP contribution is 2.24. The van der Waals surface area contributed by atoms with Crippen LogP contribution < -0.4 is 5.43 Å². The summed E-state index contributed by atoms with van der Waals surface area (Å²) in [5.41, 5.74) is 5.72. The number of nitrogens with zero attached hydrogens (tertiary/aromatic N) is 1. The highest BCUT2D eigenvalue weighted by Gasteiger charge is 2.22. The number of hydrazine groups is 1. The lowest BCUT2D eigenvalue weighted by atomic mass is 10.1. The van der Waals surface area contributed by atoms with Crippen LogP contribution in [0.2, 0.25) is 0 Å². The minimum Gasteiger partial charge on any atom is -0.463 e. The number of aryl methyl sites for hydroxylation is 1. The molecule has 0 saturated carbocycles. The number of hydrogen-bond donors (Lipinski definition) is 1. The van der Waals surface area contributed by atoms with Gasteiger partial charge in [0, 0.05) is 18.5 Å². The first-order valence-electron chi connectivity index (χ1n) is 6.35. The summed E-state index contributed by atoms with van der Waals surface area (Å²) in [6.07, 6.45) is 3.52. The molecule has 0 radical (unpaired) electrons. The molecule has 0 unspecified atom stereocenters. The van der Waals surface area contributed by atoms with E-state index in [0.717, 1.165) is 36.9 Å². The lowest BCUT2D eigenvalue weighted by molar-refractivity contribution is 0.0727. The van der Waals surface area contributed by atoms with Gasteiger partial charge in [0.05, 0.1) is 5.56 Å². The predicted molar refractivity (Wildman–Crippen MR) is 69.2 cm³/mol. The summed E-state index contributed by atoms with van der Waals surface area (Å²) in [5.74, 6) is -0.000460. The maximum atomic E-state index is 12.3.